The van der Waals surface area contributed by atoms with Crippen LogP contribution in [0, 0.1) is 5.92 Å². The minimum absolute atomic E-state index is 0.0308. The number of hydrogen-bond acceptors (Lipinski definition) is 4. The van der Waals surface area contributed by atoms with Gasteiger partial charge >= 0.3 is 6.03 Å². The lowest BCUT2D eigenvalue weighted by Gasteiger charge is -2.37. The number of likely N-dealkylation sites (tertiary alicyclic amines) is 1. The van der Waals surface area contributed by atoms with E-state index in [0.29, 0.717) is 32.8 Å². The van der Waals surface area contributed by atoms with Gasteiger partial charge in [-0.05, 0) is 36.4 Å². The molecular formula is C20H23N3O3S. The SMILES string of the molecule is O=C(NCc1cccs1)[C@H]1CCCN(C(=O)N2CCOc3ccccc32)C1. The summed E-state index contributed by atoms with van der Waals surface area (Å²) in [5, 5.41) is 5.01. The molecule has 0 unspecified atom stereocenters. The van der Waals surface area contributed by atoms with Crippen LogP contribution in [-0.2, 0) is 11.3 Å². The van der Waals surface area contributed by atoms with Crippen molar-refractivity contribution in [3.63, 3.8) is 0 Å². The maximum atomic E-state index is 13.1. The third-order valence-corrected chi connectivity index (χ3v) is 5.92. The monoisotopic (exact) mass is 385 g/mol. The molecule has 0 bridgehead atoms. The van der Waals surface area contributed by atoms with Crippen LogP contribution in [0.1, 0.15) is 17.7 Å². The van der Waals surface area contributed by atoms with Crippen molar-refractivity contribution in [2.45, 2.75) is 19.4 Å². The van der Waals surface area contributed by atoms with Crippen molar-refractivity contribution >= 4 is 29.0 Å². The number of urea groups is 1. The maximum absolute atomic E-state index is 13.1. The number of hydrogen-bond donors (Lipinski definition) is 1. The molecule has 1 N–H and O–H groups in total. The second-order valence-electron chi connectivity index (χ2n) is 6.83. The lowest BCUT2D eigenvalue weighted by Crippen LogP contribution is -2.52. The molecule has 27 heavy (non-hydrogen) atoms. The average Bonchev–Trinajstić information content (AvgIpc) is 3.25. The standard InChI is InChI=1S/C20H23N3O3S/c24-19(21-13-16-6-4-12-27-16)15-5-3-9-22(14-15)20(25)23-10-11-26-18-8-2-1-7-17(18)23/h1-2,4,6-8,12,15H,3,5,9-11,13-14H2,(H,21,24)/t15-/m0/s1. The number of carbonyl (C=O) groups is 2. The van der Waals surface area contributed by atoms with E-state index in [1.807, 2.05) is 41.8 Å². The molecule has 0 aliphatic carbocycles. The summed E-state index contributed by atoms with van der Waals surface area (Å²) in [4.78, 5) is 30.4. The summed E-state index contributed by atoms with van der Waals surface area (Å²) in [7, 11) is 0. The summed E-state index contributed by atoms with van der Waals surface area (Å²) in [5.41, 5.74) is 0.804. The van der Waals surface area contributed by atoms with Gasteiger partial charge < -0.3 is 15.0 Å². The molecule has 1 atom stereocenters. The Bertz CT molecular complexity index is 809. The number of nitrogens with zero attached hydrogens (tertiary/aromatic N) is 2. The second-order valence-corrected chi connectivity index (χ2v) is 7.86. The summed E-state index contributed by atoms with van der Waals surface area (Å²) < 4.78 is 5.64. The summed E-state index contributed by atoms with van der Waals surface area (Å²) in [6.45, 7) is 2.72. The van der Waals surface area contributed by atoms with Gasteiger partial charge in [-0.2, -0.15) is 0 Å². The highest BCUT2D eigenvalue weighted by Crippen LogP contribution is 2.32. The Hall–Kier alpha value is -2.54. The Balaban J connectivity index is 1.39. The summed E-state index contributed by atoms with van der Waals surface area (Å²) in [6.07, 6.45) is 1.66. The molecule has 1 saturated heterocycles. The highest BCUT2D eigenvalue weighted by molar-refractivity contribution is 7.09. The third-order valence-electron chi connectivity index (χ3n) is 5.04. The Morgan fingerprint density at radius 2 is 2.07 bits per heavy atom. The number of carbonyl (C=O) groups excluding carboxylic acids is 2. The van der Waals surface area contributed by atoms with Gasteiger partial charge in [-0.3, -0.25) is 9.69 Å². The molecular weight excluding hydrogens is 362 g/mol. The summed E-state index contributed by atoms with van der Waals surface area (Å²) in [6, 6.07) is 11.5. The van der Waals surface area contributed by atoms with Crippen molar-refractivity contribution in [2.24, 2.45) is 5.92 Å². The quantitative estimate of drug-likeness (QED) is 0.883. The van der Waals surface area contributed by atoms with Gasteiger partial charge in [0, 0.05) is 18.0 Å². The Labute approximate surface area is 162 Å². The first-order valence-corrected chi connectivity index (χ1v) is 10.2. The van der Waals surface area contributed by atoms with Crippen molar-refractivity contribution in [3.8, 4) is 5.75 Å². The highest BCUT2D eigenvalue weighted by Gasteiger charge is 2.33. The molecule has 1 fully saturated rings. The van der Waals surface area contributed by atoms with Crippen LogP contribution in [0.3, 0.4) is 0 Å². The highest BCUT2D eigenvalue weighted by atomic mass is 32.1. The Kier molecular flexibility index (Phi) is 5.29. The summed E-state index contributed by atoms with van der Waals surface area (Å²) in [5.74, 6) is 0.613. The number of anilines is 1. The van der Waals surface area contributed by atoms with Crippen LogP contribution < -0.4 is 15.0 Å². The number of piperidine rings is 1. The smallest absolute Gasteiger partial charge is 0.324 e. The Morgan fingerprint density at radius 3 is 2.93 bits per heavy atom. The number of para-hydroxylation sites is 2. The van der Waals surface area contributed by atoms with Gasteiger partial charge in [0.25, 0.3) is 0 Å². The predicted molar refractivity (Wildman–Crippen MR) is 105 cm³/mol. The van der Waals surface area contributed by atoms with E-state index in [0.717, 1.165) is 29.2 Å². The van der Waals surface area contributed by atoms with Crippen molar-refractivity contribution < 1.29 is 14.3 Å². The number of amides is 3. The number of fused-ring (bicyclic) bond motifs is 1. The molecule has 3 heterocycles. The first-order chi connectivity index (χ1) is 13.2. The van der Waals surface area contributed by atoms with Gasteiger partial charge in [-0.1, -0.05) is 18.2 Å². The van der Waals surface area contributed by atoms with Crippen LogP contribution in [0.25, 0.3) is 0 Å². The van der Waals surface area contributed by atoms with E-state index in [1.54, 1.807) is 21.1 Å². The molecule has 1 aromatic heterocycles. The van der Waals surface area contributed by atoms with Gasteiger partial charge in [0.1, 0.15) is 12.4 Å². The van der Waals surface area contributed by atoms with E-state index in [4.69, 9.17) is 4.74 Å². The second kappa shape index (κ2) is 8.00. The molecule has 3 amide bonds. The molecule has 2 aliphatic rings. The lowest BCUT2D eigenvalue weighted by atomic mass is 9.97. The molecule has 0 radical (unpaired) electrons. The lowest BCUT2D eigenvalue weighted by molar-refractivity contribution is -0.126. The molecule has 4 rings (SSSR count). The van der Waals surface area contributed by atoms with Crippen LogP contribution in [-0.4, -0.2) is 43.1 Å². The summed E-state index contributed by atoms with van der Waals surface area (Å²) >= 11 is 1.63. The topological polar surface area (TPSA) is 61.9 Å². The molecule has 142 valence electrons. The molecule has 1 aromatic carbocycles. The van der Waals surface area contributed by atoms with Crippen LogP contribution in [0.5, 0.6) is 5.75 Å². The fourth-order valence-corrected chi connectivity index (χ4v) is 4.28. The van der Waals surface area contributed by atoms with Crippen LogP contribution >= 0.6 is 11.3 Å². The van der Waals surface area contributed by atoms with E-state index < -0.39 is 0 Å². The van der Waals surface area contributed by atoms with Crippen molar-refractivity contribution in [1.82, 2.24) is 10.2 Å². The zero-order valence-corrected chi connectivity index (χ0v) is 15.9. The molecule has 0 spiro atoms. The number of nitrogens with one attached hydrogen (secondary N) is 1. The minimum Gasteiger partial charge on any atom is -0.490 e. The Morgan fingerprint density at radius 1 is 1.19 bits per heavy atom. The van der Waals surface area contributed by atoms with Gasteiger partial charge in [0.15, 0.2) is 0 Å². The fraction of sp³-hybridized carbons (Fsp3) is 0.400. The van der Waals surface area contributed by atoms with Gasteiger partial charge in [-0.15, -0.1) is 11.3 Å². The van der Waals surface area contributed by atoms with Crippen molar-refractivity contribution in [2.75, 3.05) is 31.1 Å². The fourth-order valence-electron chi connectivity index (χ4n) is 3.64. The zero-order valence-electron chi connectivity index (χ0n) is 15.1. The predicted octanol–water partition coefficient (Wildman–Crippen LogP) is 3.10. The van der Waals surface area contributed by atoms with Gasteiger partial charge in [-0.25, -0.2) is 4.79 Å². The largest absolute Gasteiger partial charge is 0.490 e. The normalized spacial score (nSPS) is 19.2. The maximum Gasteiger partial charge on any atom is 0.324 e. The van der Waals surface area contributed by atoms with E-state index in [9.17, 15) is 9.59 Å². The molecule has 7 heteroatoms. The molecule has 0 saturated carbocycles. The first-order valence-electron chi connectivity index (χ1n) is 9.31. The first kappa shape index (κ1) is 17.9. The van der Waals surface area contributed by atoms with E-state index in [1.165, 1.54) is 0 Å². The molecule has 2 aliphatic heterocycles. The minimum atomic E-state index is -0.154. The third kappa shape index (κ3) is 3.93. The number of rotatable bonds is 3. The van der Waals surface area contributed by atoms with Crippen molar-refractivity contribution in [3.05, 3.63) is 46.7 Å². The van der Waals surface area contributed by atoms with Crippen LogP contribution in [0.4, 0.5) is 10.5 Å². The number of ether oxygens (including phenoxy) is 1. The van der Waals surface area contributed by atoms with E-state index >= 15 is 0 Å². The van der Waals surface area contributed by atoms with Gasteiger partial charge in [0.05, 0.1) is 24.7 Å². The average molecular weight is 385 g/mol. The van der Waals surface area contributed by atoms with E-state index in [-0.39, 0.29) is 17.9 Å². The zero-order chi connectivity index (χ0) is 18.6. The number of benzene rings is 1. The van der Waals surface area contributed by atoms with Crippen LogP contribution in [0.15, 0.2) is 41.8 Å². The van der Waals surface area contributed by atoms with Gasteiger partial charge in [0.2, 0.25) is 5.91 Å². The molecule has 6 nitrogen and oxygen atoms in total. The van der Waals surface area contributed by atoms with Crippen LogP contribution in [0.2, 0.25) is 0 Å². The molecule has 2 aromatic rings. The number of thiophene rings is 1. The van der Waals surface area contributed by atoms with Crippen molar-refractivity contribution in [1.29, 1.82) is 0 Å². The van der Waals surface area contributed by atoms with E-state index in [2.05, 4.69) is 5.32 Å².